The molecule has 0 unspecified atom stereocenters. The summed E-state index contributed by atoms with van der Waals surface area (Å²) in [7, 11) is 3.59. The van der Waals surface area contributed by atoms with Gasteiger partial charge in [0.15, 0.2) is 5.58 Å². The molecule has 1 atom stereocenters. The van der Waals surface area contributed by atoms with Crippen LogP contribution in [0.5, 0.6) is 0 Å². The summed E-state index contributed by atoms with van der Waals surface area (Å²) in [4.78, 5) is 26.5. The highest BCUT2D eigenvalue weighted by Crippen LogP contribution is 2.26. The maximum atomic E-state index is 15.0. The minimum Gasteiger partial charge on any atom is -0.444 e. The summed E-state index contributed by atoms with van der Waals surface area (Å²) in [5, 5.41) is 11.9. The van der Waals surface area contributed by atoms with E-state index in [1.54, 1.807) is 62.8 Å². The van der Waals surface area contributed by atoms with E-state index in [0.29, 0.717) is 41.9 Å². The molecule has 2 aromatic carbocycles. The third-order valence-corrected chi connectivity index (χ3v) is 5.71. The molecule has 0 radical (unpaired) electrons. The van der Waals surface area contributed by atoms with Crippen LogP contribution in [-0.4, -0.2) is 61.1 Å². The highest BCUT2D eigenvalue weighted by Gasteiger charge is 2.21. The zero-order valence-electron chi connectivity index (χ0n) is 21.8. The monoisotopic (exact) mass is 512 g/mol. The van der Waals surface area contributed by atoms with Crippen LogP contribution in [0.1, 0.15) is 26.3 Å². The van der Waals surface area contributed by atoms with E-state index in [0.717, 1.165) is 6.54 Å². The molecular weight excluding hydrogens is 479 g/mol. The molecular formula is C27H33FN4O5. The Labute approximate surface area is 215 Å². The van der Waals surface area contributed by atoms with Crippen molar-refractivity contribution >= 4 is 17.2 Å². The number of benzene rings is 2. The van der Waals surface area contributed by atoms with Crippen LogP contribution in [0.15, 0.2) is 45.6 Å². The normalized spacial score (nSPS) is 12.5. The van der Waals surface area contributed by atoms with Crippen LogP contribution >= 0.6 is 0 Å². The van der Waals surface area contributed by atoms with Crippen molar-refractivity contribution in [2.24, 2.45) is 0 Å². The number of alkyl carbamates (subject to hydrolysis) is 1. The Bertz CT molecular complexity index is 1340. The van der Waals surface area contributed by atoms with Crippen molar-refractivity contribution in [1.29, 1.82) is 5.26 Å². The average Bonchev–Trinajstić information content (AvgIpc) is 3.14. The van der Waals surface area contributed by atoms with E-state index < -0.39 is 29.3 Å². The second-order valence-corrected chi connectivity index (χ2v) is 9.84. The van der Waals surface area contributed by atoms with Crippen LogP contribution < -0.4 is 11.1 Å². The zero-order valence-corrected chi connectivity index (χ0v) is 21.8. The molecule has 1 N–H and O–H groups in total. The van der Waals surface area contributed by atoms with Gasteiger partial charge in [0, 0.05) is 33.2 Å². The number of rotatable bonds is 10. The summed E-state index contributed by atoms with van der Waals surface area (Å²) in [6.07, 6.45) is -0.751. The lowest BCUT2D eigenvalue weighted by molar-refractivity contribution is 0.0515. The Hall–Kier alpha value is -3.68. The van der Waals surface area contributed by atoms with Crippen molar-refractivity contribution in [3.8, 4) is 17.2 Å². The molecule has 37 heavy (non-hydrogen) atoms. The second kappa shape index (κ2) is 12.0. The minimum atomic E-state index is -0.950. The van der Waals surface area contributed by atoms with E-state index in [4.69, 9.17) is 13.9 Å². The predicted molar refractivity (Wildman–Crippen MR) is 138 cm³/mol. The molecule has 0 bridgehead atoms. The first kappa shape index (κ1) is 27.9. The van der Waals surface area contributed by atoms with Gasteiger partial charge in [0.2, 0.25) is 0 Å². The SMILES string of the molecule is COCCN(C)CCn1c(=O)oc2ccc(-c3ccc(C[C@@H](C#N)NC(=O)OC(C)(C)C)c(F)c3)cc21. The third-order valence-electron chi connectivity index (χ3n) is 5.71. The van der Waals surface area contributed by atoms with Gasteiger partial charge in [-0.25, -0.2) is 14.0 Å². The number of hydrogen-bond donors (Lipinski definition) is 1. The molecule has 0 aliphatic carbocycles. The van der Waals surface area contributed by atoms with E-state index in [-0.39, 0.29) is 12.0 Å². The molecule has 10 heteroatoms. The molecule has 3 rings (SSSR count). The van der Waals surface area contributed by atoms with Gasteiger partial charge in [-0.3, -0.25) is 4.57 Å². The summed E-state index contributed by atoms with van der Waals surface area (Å²) in [6, 6.07) is 11.0. The molecule has 0 aliphatic heterocycles. The molecule has 0 fully saturated rings. The lowest BCUT2D eigenvalue weighted by atomic mass is 10.00. The number of nitriles is 1. The number of oxazole rings is 1. The Morgan fingerprint density at radius 3 is 2.57 bits per heavy atom. The fourth-order valence-electron chi connectivity index (χ4n) is 3.77. The molecule has 9 nitrogen and oxygen atoms in total. The van der Waals surface area contributed by atoms with Crippen molar-refractivity contribution in [3.05, 3.63) is 58.3 Å². The molecule has 1 aromatic heterocycles. The van der Waals surface area contributed by atoms with Gasteiger partial charge in [0.05, 0.1) is 18.2 Å². The number of carbonyl (C=O) groups is 1. The Morgan fingerprint density at radius 1 is 1.22 bits per heavy atom. The largest absolute Gasteiger partial charge is 0.444 e. The van der Waals surface area contributed by atoms with Gasteiger partial charge in [0.25, 0.3) is 0 Å². The van der Waals surface area contributed by atoms with Gasteiger partial charge in [-0.15, -0.1) is 0 Å². The number of methoxy groups -OCH3 is 1. The number of hydrogen-bond acceptors (Lipinski definition) is 7. The number of fused-ring (bicyclic) bond motifs is 1. The van der Waals surface area contributed by atoms with Crippen molar-refractivity contribution < 1.29 is 23.1 Å². The number of likely N-dealkylation sites (N-methyl/N-ethyl adjacent to an activating group) is 1. The molecule has 198 valence electrons. The smallest absolute Gasteiger partial charge is 0.419 e. The summed E-state index contributed by atoms with van der Waals surface area (Å²) < 4.78 is 32.2. The predicted octanol–water partition coefficient (Wildman–Crippen LogP) is 3.94. The summed E-state index contributed by atoms with van der Waals surface area (Å²) in [5.74, 6) is -0.956. The van der Waals surface area contributed by atoms with Gasteiger partial charge in [-0.05, 0) is 62.7 Å². The van der Waals surface area contributed by atoms with Gasteiger partial charge >= 0.3 is 11.8 Å². The maximum absolute atomic E-state index is 15.0. The van der Waals surface area contributed by atoms with Gasteiger partial charge in [-0.2, -0.15) is 5.26 Å². The second-order valence-electron chi connectivity index (χ2n) is 9.84. The van der Waals surface area contributed by atoms with Crippen LogP contribution in [0.2, 0.25) is 0 Å². The first-order chi connectivity index (χ1) is 17.5. The van der Waals surface area contributed by atoms with E-state index in [1.165, 1.54) is 6.07 Å². The van der Waals surface area contributed by atoms with Gasteiger partial charge in [-0.1, -0.05) is 18.2 Å². The quantitative estimate of drug-likeness (QED) is 0.438. The molecule has 0 aliphatic rings. The van der Waals surface area contributed by atoms with Gasteiger partial charge < -0.3 is 24.1 Å². The maximum Gasteiger partial charge on any atom is 0.419 e. The Kier molecular flexibility index (Phi) is 9.08. The van der Waals surface area contributed by atoms with Crippen molar-refractivity contribution in [2.75, 3.05) is 33.9 Å². The van der Waals surface area contributed by atoms with E-state index >= 15 is 4.39 Å². The fourth-order valence-corrected chi connectivity index (χ4v) is 3.77. The van der Waals surface area contributed by atoms with E-state index in [2.05, 4.69) is 10.2 Å². The van der Waals surface area contributed by atoms with Crippen LogP contribution in [0.3, 0.4) is 0 Å². The topological polar surface area (TPSA) is 110 Å². The Balaban J connectivity index is 1.77. The standard InChI is InChI=1S/C27H33FN4O5/c1-27(2,3)37-25(33)30-21(17-29)14-20-7-6-18(15-22(20)28)19-8-9-24-23(16-19)32(26(34)36-24)11-10-31(4)12-13-35-5/h6-9,15-16,21H,10-14H2,1-5H3,(H,30,33)/t21-/m0/s1. The van der Waals surface area contributed by atoms with E-state index in [1.807, 2.05) is 13.1 Å². The molecule has 0 saturated heterocycles. The number of aromatic nitrogens is 1. The van der Waals surface area contributed by atoms with Crippen molar-refractivity contribution in [2.45, 2.75) is 45.4 Å². The molecule has 0 saturated carbocycles. The number of halogens is 1. The average molecular weight is 513 g/mol. The van der Waals surface area contributed by atoms with Crippen molar-refractivity contribution in [3.63, 3.8) is 0 Å². The number of amides is 1. The summed E-state index contributed by atoms with van der Waals surface area (Å²) in [6.45, 7) is 7.54. The Morgan fingerprint density at radius 2 is 1.92 bits per heavy atom. The van der Waals surface area contributed by atoms with Crippen molar-refractivity contribution in [1.82, 2.24) is 14.8 Å². The molecule has 0 spiro atoms. The number of nitrogens with one attached hydrogen (secondary N) is 1. The highest BCUT2D eigenvalue weighted by molar-refractivity contribution is 5.80. The summed E-state index contributed by atoms with van der Waals surface area (Å²) >= 11 is 0. The molecule has 1 heterocycles. The zero-order chi connectivity index (χ0) is 27.2. The first-order valence-electron chi connectivity index (χ1n) is 12.0. The van der Waals surface area contributed by atoms with E-state index in [9.17, 15) is 14.9 Å². The van der Waals surface area contributed by atoms with Gasteiger partial charge in [0.1, 0.15) is 17.5 Å². The lowest BCUT2D eigenvalue weighted by Gasteiger charge is -2.21. The minimum absolute atomic E-state index is 0.0151. The van der Waals surface area contributed by atoms with Crippen LogP contribution in [0, 0.1) is 17.1 Å². The number of ether oxygens (including phenoxy) is 2. The molecule has 3 aromatic rings. The van der Waals surface area contributed by atoms with Crippen LogP contribution in [0.25, 0.3) is 22.2 Å². The third kappa shape index (κ3) is 7.65. The summed E-state index contributed by atoms with van der Waals surface area (Å²) in [5.41, 5.74) is 1.97. The first-order valence-corrected chi connectivity index (χ1v) is 12.0. The van der Waals surface area contributed by atoms with Crippen LogP contribution in [0.4, 0.5) is 9.18 Å². The number of carbonyl (C=O) groups excluding carboxylic acids is 1. The highest BCUT2D eigenvalue weighted by atomic mass is 19.1. The molecule has 1 amide bonds. The lowest BCUT2D eigenvalue weighted by Crippen LogP contribution is -2.39. The fraction of sp³-hybridized carbons (Fsp3) is 0.444. The number of nitrogens with zero attached hydrogens (tertiary/aromatic N) is 3. The van der Waals surface area contributed by atoms with Crippen LogP contribution in [-0.2, 0) is 22.4 Å².